The summed E-state index contributed by atoms with van der Waals surface area (Å²) in [6, 6.07) is 16.5. The molecule has 0 amide bonds. The van der Waals surface area contributed by atoms with Crippen LogP contribution < -0.4 is 9.47 Å². The molecule has 2 unspecified atom stereocenters. The highest BCUT2D eigenvalue weighted by Crippen LogP contribution is 2.36. The summed E-state index contributed by atoms with van der Waals surface area (Å²) < 4.78 is 16.9. The fourth-order valence-electron chi connectivity index (χ4n) is 3.77. The van der Waals surface area contributed by atoms with E-state index in [0.717, 1.165) is 37.6 Å². The van der Waals surface area contributed by atoms with Crippen LogP contribution in [0.5, 0.6) is 11.5 Å². The van der Waals surface area contributed by atoms with Crippen molar-refractivity contribution in [1.82, 2.24) is 4.90 Å². The maximum absolute atomic E-state index is 5.85. The minimum atomic E-state index is 0.153. The van der Waals surface area contributed by atoms with Gasteiger partial charge in [-0.05, 0) is 30.7 Å². The molecule has 0 radical (unpaired) electrons. The van der Waals surface area contributed by atoms with E-state index < -0.39 is 0 Å². The van der Waals surface area contributed by atoms with E-state index in [9.17, 15) is 0 Å². The summed E-state index contributed by atoms with van der Waals surface area (Å²) in [5.41, 5.74) is 2.46. The minimum absolute atomic E-state index is 0.153. The van der Waals surface area contributed by atoms with E-state index in [2.05, 4.69) is 29.2 Å². The van der Waals surface area contributed by atoms with Crippen LogP contribution in [0.3, 0.4) is 0 Å². The Morgan fingerprint density at radius 2 is 1.60 bits per heavy atom. The van der Waals surface area contributed by atoms with Crippen LogP contribution in [0.15, 0.2) is 48.5 Å². The van der Waals surface area contributed by atoms with Gasteiger partial charge in [0.25, 0.3) is 0 Å². The SMILES string of the molecule is COc1ccccc1CN1CCC(c2ccccc2OC)C(OC)C1. The van der Waals surface area contributed by atoms with E-state index >= 15 is 0 Å². The van der Waals surface area contributed by atoms with Crippen molar-refractivity contribution in [2.75, 3.05) is 34.4 Å². The van der Waals surface area contributed by atoms with Gasteiger partial charge in [0.15, 0.2) is 0 Å². The van der Waals surface area contributed by atoms with Crippen LogP contribution in [0.25, 0.3) is 0 Å². The number of methoxy groups -OCH3 is 3. The predicted molar refractivity (Wildman–Crippen MR) is 99.4 cm³/mol. The van der Waals surface area contributed by atoms with Gasteiger partial charge < -0.3 is 14.2 Å². The number of likely N-dealkylation sites (tertiary alicyclic amines) is 1. The van der Waals surface area contributed by atoms with E-state index in [1.807, 2.05) is 24.3 Å². The third-order valence-corrected chi connectivity index (χ3v) is 5.07. The third kappa shape index (κ3) is 3.97. The van der Waals surface area contributed by atoms with Crippen molar-refractivity contribution < 1.29 is 14.2 Å². The first-order chi connectivity index (χ1) is 12.3. The summed E-state index contributed by atoms with van der Waals surface area (Å²) in [7, 11) is 5.27. The highest BCUT2D eigenvalue weighted by molar-refractivity contribution is 5.37. The molecule has 0 aromatic heterocycles. The van der Waals surface area contributed by atoms with E-state index in [0.29, 0.717) is 5.92 Å². The molecule has 4 heteroatoms. The maximum atomic E-state index is 5.85. The second kappa shape index (κ2) is 8.37. The van der Waals surface area contributed by atoms with Gasteiger partial charge in [-0.2, -0.15) is 0 Å². The zero-order valence-electron chi connectivity index (χ0n) is 15.3. The number of hydrogen-bond acceptors (Lipinski definition) is 4. The van der Waals surface area contributed by atoms with Crippen molar-refractivity contribution >= 4 is 0 Å². The van der Waals surface area contributed by atoms with Crippen LogP contribution >= 0.6 is 0 Å². The van der Waals surface area contributed by atoms with Crippen molar-refractivity contribution in [1.29, 1.82) is 0 Å². The number of piperidine rings is 1. The molecule has 134 valence electrons. The Kier molecular flexibility index (Phi) is 5.95. The molecule has 1 fully saturated rings. The lowest BCUT2D eigenvalue weighted by Gasteiger charge is -2.38. The van der Waals surface area contributed by atoms with Crippen LogP contribution in [0, 0.1) is 0 Å². The Labute approximate surface area is 150 Å². The summed E-state index contributed by atoms with van der Waals surface area (Å²) >= 11 is 0. The second-order valence-electron chi connectivity index (χ2n) is 6.46. The Balaban J connectivity index is 1.73. The molecule has 0 N–H and O–H groups in total. The summed E-state index contributed by atoms with van der Waals surface area (Å²) in [5.74, 6) is 2.26. The fourth-order valence-corrected chi connectivity index (χ4v) is 3.77. The number of ether oxygens (including phenoxy) is 3. The summed E-state index contributed by atoms with van der Waals surface area (Å²) in [6.45, 7) is 2.81. The molecule has 0 saturated carbocycles. The molecule has 0 bridgehead atoms. The van der Waals surface area contributed by atoms with Crippen LogP contribution in [-0.2, 0) is 11.3 Å². The topological polar surface area (TPSA) is 30.9 Å². The van der Waals surface area contributed by atoms with E-state index in [1.165, 1.54) is 11.1 Å². The van der Waals surface area contributed by atoms with Gasteiger partial charge in [-0.15, -0.1) is 0 Å². The second-order valence-corrected chi connectivity index (χ2v) is 6.46. The van der Waals surface area contributed by atoms with Gasteiger partial charge in [0.1, 0.15) is 11.5 Å². The van der Waals surface area contributed by atoms with Crippen molar-refractivity contribution in [3.63, 3.8) is 0 Å². The molecule has 1 aliphatic heterocycles. The van der Waals surface area contributed by atoms with Crippen molar-refractivity contribution in [2.24, 2.45) is 0 Å². The number of hydrogen-bond donors (Lipinski definition) is 0. The largest absolute Gasteiger partial charge is 0.496 e. The summed E-state index contributed by atoms with van der Waals surface area (Å²) in [6.07, 6.45) is 1.20. The molecule has 0 aliphatic carbocycles. The van der Waals surface area contributed by atoms with E-state index in [4.69, 9.17) is 14.2 Å². The Bertz CT molecular complexity index is 688. The lowest BCUT2D eigenvalue weighted by molar-refractivity contribution is 0.0110. The Morgan fingerprint density at radius 1 is 0.920 bits per heavy atom. The lowest BCUT2D eigenvalue weighted by Crippen LogP contribution is -2.43. The molecule has 2 atom stereocenters. The average molecular weight is 341 g/mol. The fraction of sp³-hybridized carbons (Fsp3) is 0.429. The lowest BCUT2D eigenvalue weighted by atomic mass is 9.86. The van der Waals surface area contributed by atoms with Gasteiger partial charge in [0, 0.05) is 31.7 Å². The minimum Gasteiger partial charge on any atom is -0.496 e. The van der Waals surface area contributed by atoms with Crippen LogP contribution in [-0.4, -0.2) is 45.4 Å². The monoisotopic (exact) mass is 341 g/mol. The molecule has 25 heavy (non-hydrogen) atoms. The molecule has 1 heterocycles. The Hall–Kier alpha value is -2.04. The summed E-state index contributed by atoms with van der Waals surface area (Å²) in [4.78, 5) is 2.44. The number of nitrogens with zero attached hydrogens (tertiary/aromatic N) is 1. The first-order valence-corrected chi connectivity index (χ1v) is 8.76. The number of para-hydroxylation sites is 2. The first kappa shape index (κ1) is 17.8. The Morgan fingerprint density at radius 3 is 2.32 bits per heavy atom. The molecule has 0 spiro atoms. The quantitative estimate of drug-likeness (QED) is 0.801. The van der Waals surface area contributed by atoms with E-state index in [1.54, 1.807) is 21.3 Å². The average Bonchev–Trinajstić information content (AvgIpc) is 2.68. The van der Waals surface area contributed by atoms with Crippen molar-refractivity contribution in [2.45, 2.75) is 25.0 Å². The molecule has 2 aromatic carbocycles. The van der Waals surface area contributed by atoms with Gasteiger partial charge >= 0.3 is 0 Å². The normalized spacial score (nSPS) is 21.1. The third-order valence-electron chi connectivity index (χ3n) is 5.07. The molecule has 1 saturated heterocycles. The standard InChI is InChI=1S/C21H27NO3/c1-23-19-10-6-4-8-16(19)14-22-13-12-18(21(15-22)25-3)17-9-5-7-11-20(17)24-2/h4-11,18,21H,12-15H2,1-3H3. The molecular weight excluding hydrogens is 314 g/mol. The molecule has 2 aromatic rings. The van der Waals surface area contributed by atoms with Gasteiger partial charge in [-0.25, -0.2) is 0 Å². The molecular formula is C21H27NO3. The molecule has 3 rings (SSSR count). The van der Waals surface area contributed by atoms with E-state index in [-0.39, 0.29) is 6.10 Å². The van der Waals surface area contributed by atoms with Crippen molar-refractivity contribution in [3.8, 4) is 11.5 Å². The van der Waals surface area contributed by atoms with Crippen LogP contribution in [0.4, 0.5) is 0 Å². The summed E-state index contributed by atoms with van der Waals surface area (Å²) in [5, 5.41) is 0. The highest BCUT2D eigenvalue weighted by Gasteiger charge is 2.32. The first-order valence-electron chi connectivity index (χ1n) is 8.76. The molecule has 4 nitrogen and oxygen atoms in total. The predicted octanol–water partition coefficient (Wildman–Crippen LogP) is 3.71. The van der Waals surface area contributed by atoms with Gasteiger partial charge in [0.05, 0.1) is 20.3 Å². The van der Waals surface area contributed by atoms with Gasteiger partial charge in [-0.1, -0.05) is 36.4 Å². The number of rotatable bonds is 6. The highest BCUT2D eigenvalue weighted by atomic mass is 16.5. The van der Waals surface area contributed by atoms with Crippen molar-refractivity contribution in [3.05, 3.63) is 59.7 Å². The smallest absolute Gasteiger partial charge is 0.123 e. The maximum Gasteiger partial charge on any atom is 0.123 e. The molecule has 1 aliphatic rings. The number of benzene rings is 2. The zero-order valence-corrected chi connectivity index (χ0v) is 15.3. The van der Waals surface area contributed by atoms with Crippen LogP contribution in [0.1, 0.15) is 23.5 Å². The van der Waals surface area contributed by atoms with Gasteiger partial charge in [-0.3, -0.25) is 4.90 Å². The zero-order chi connectivity index (χ0) is 17.6. The van der Waals surface area contributed by atoms with Crippen LogP contribution in [0.2, 0.25) is 0 Å². The van der Waals surface area contributed by atoms with Gasteiger partial charge in [0.2, 0.25) is 0 Å².